The summed E-state index contributed by atoms with van der Waals surface area (Å²) in [6.45, 7) is 2.03. The highest BCUT2D eigenvalue weighted by Gasteiger charge is 2.14. The van der Waals surface area contributed by atoms with Crippen LogP contribution in [0.15, 0.2) is 48.5 Å². The number of ether oxygens (including phenoxy) is 2. The van der Waals surface area contributed by atoms with E-state index in [-0.39, 0.29) is 0 Å². The highest BCUT2D eigenvalue weighted by Crippen LogP contribution is 2.22. The first-order valence-electron chi connectivity index (χ1n) is 6.75. The minimum absolute atomic E-state index is 0.407. The lowest BCUT2D eigenvalue weighted by Gasteiger charge is -2.10. The fourth-order valence-electron chi connectivity index (χ4n) is 1.92. The Morgan fingerprint density at radius 2 is 1.57 bits per heavy atom. The molecule has 110 valence electrons. The van der Waals surface area contributed by atoms with Gasteiger partial charge in [-0.3, -0.25) is 4.79 Å². The second-order valence-corrected chi connectivity index (χ2v) is 4.89. The lowest BCUT2D eigenvalue weighted by atomic mass is 10.1. The summed E-state index contributed by atoms with van der Waals surface area (Å²) in [6, 6.07) is 14.7. The number of aryl methyl sites for hydroxylation is 1. The van der Waals surface area contributed by atoms with Gasteiger partial charge in [0.2, 0.25) is 0 Å². The quantitative estimate of drug-likeness (QED) is 0.858. The molecule has 4 nitrogen and oxygen atoms in total. The van der Waals surface area contributed by atoms with E-state index in [9.17, 15) is 4.79 Å². The molecule has 0 unspecified atom stereocenters. The predicted octanol–water partition coefficient (Wildman–Crippen LogP) is 2.83. The third-order valence-electron chi connectivity index (χ3n) is 3.14. The van der Waals surface area contributed by atoms with Crippen molar-refractivity contribution in [2.24, 2.45) is 5.73 Å². The molecule has 2 aromatic rings. The molecule has 0 aliphatic heterocycles. The van der Waals surface area contributed by atoms with Gasteiger partial charge in [-0.25, -0.2) is 0 Å². The van der Waals surface area contributed by atoms with Crippen molar-refractivity contribution < 1.29 is 14.3 Å². The van der Waals surface area contributed by atoms with E-state index in [2.05, 4.69) is 4.74 Å². The Morgan fingerprint density at radius 1 is 1.05 bits per heavy atom. The number of hydrogen-bond donors (Lipinski definition) is 1. The van der Waals surface area contributed by atoms with E-state index in [1.807, 2.05) is 55.5 Å². The molecular weight excluding hydrogens is 266 g/mol. The van der Waals surface area contributed by atoms with Gasteiger partial charge in [-0.2, -0.15) is 0 Å². The van der Waals surface area contributed by atoms with Gasteiger partial charge in [0, 0.05) is 0 Å². The van der Waals surface area contributed by atoms with Crippen LogP contribution in [0.5, 0.6) is 11.5 Å². The van der Waals surface area contributed by atoms with Crippen molar-refractivity contribution in [1.82, 2.24) is 0 Å². The molecule has 0 amide bonds. The molecule has 1 atom stereocenters. The number of hydrogen-bond acceptors (Lipinski definition) is 4. The Morgan fingerprint density at radius 3 is 2.10 bits per heavy atom. The van der Waals surface area contributed by atoms with Crippen LogP contribution in [0.2, 0.25) is 0 Å². The first kappa shape index (κ1) is 15.1. The van der Waals surface area contributed by atoms with E-state index < -0.39 is 12.0 Å². The maximum atomic E-state index is 11.3. The molecule has 0 aromatic heterocycles. The number of nitrogens with two attached hydrogens (primary N) is 1. The van der Waals surface area contributed by atoms with Crippen molar-refractivity contribution in [2.75, 3.05) is 7.11 Å². The molecule has 21 heavy (non-hydrogen) atoms. The molecule has 4 heteroatoms. The smallest absolute Gasteiger partial charge is 0.322 e. The Kier molecular flexibility index (Phi) is 4.95. The summed E-state index contributed by atoms with van der Waals surface area (Å²) >= 11 is 0. The van der Waals surface area contributed by atoms with Crippen LogP contribution >= 0.6 is 0 Å². The molecular formula is C17H19NO3. The zero-order valence-corrected chi connectivity index (χ0v) is 12.2. The fraction of sp³-hybridized carbons (Fsp3) is 0.235. The van der Waals surface area contributed by atoms with Gasteiger partial charge in [-0.05, 0) is 43.2 Å². The van der Waals surface area contributed by atoms with Gasteiger partial charge in [0.25, 0.3) is 0 Å². The second kappa shape index (κ2) is 6.90. The summed E-state index contributed by atoms with van der Waals surface area (Å²) in [7, 11) is 1.33. The van der Waals surface area contributed by atoms with Crippen molar-refractivity contribution in [1.29, 1.82) is 0 Å². The molecule has 0 aliphatic carbocycles. The van der Waals surface area contributed by atoms with Crippen molar-refractivity contribution in [3.8, 4) is 11.5 Å². The number of esters is 1. The van der Waals surface area contributed by atoms with Gasteiger partial charge < -0.3 is 15.2 Å². The minimum atomic E-state index is -0.640. The molecule has 0 spiro atoms. The van der Waals surface area contributed by atoms with Crippen LogP contribution in [-0.2, 0) is 16.0 Å². The first-order valence-corrected chi connectivity index (χ1v) is 6.75. The molecule has 2 aromatic carbocycles. The summed E-state index contributed by atoms with van der Waals surface area (Å²) in [4.78, 5) is 11.3. The Balaban J connectivity index is 1.98. The molecule has 0 aliphatic rings. The summed E-state index contributed by atoms with van der Waals surface area (Å²) in [6.07, 6.45) is 0.442. The van der Waals surface area contributed by atoms with E-state index in [1.165, 1.54) is 12.7 Å². The molecule has 0 bridgehead atoms. The normalized spacial score (nSPS) is 11.8. The van der Waals surface area contributed by atoms with Crippen molar-refractivity contribution in [3.05, 3.63) is 59.7 Å². The van der Waals surface area contributed by atoms with Crippen molar-refractivity contribution >= 4 is 5.97 Å². The molecule has 0 saturated heterocycles. The zero-order chi connectivity index (χ0) is 15.2. The SMILES string of the molecule is COC(=O)[C@H](N)Cc1ccc(Oc2ccc(C)cc2)cc1. The average molecular weight is 285 g/mol. The van der Waals surface area contributed by atoms with Gasteiger partial charge in [0.05, 0.1) is 7.11 Å². The monoisotopic (exact) mass is 285 g/mol. The summed E-state index contributed by atoms with van der Waals surface area (Å²) in [5, 5.41) is 0. The number of methoxy groups -OCH3 is 1. The average Bonchev–Trinajstić information content (AvgIpc) is 2.50. The Labute approximate surface area is 124 Å². The lowest BCUT2D eigenvalue weighted by Crippen LogP contribution is -2.33. The van der Waals surface area contributed by atoms with Crippen LogP contribution < -0.4 is 10.5 Å². The molecule has 0 radical (unpaired) electrons. The topological polar surface area (TPSA) is 61.5 Å². The van der Waals surface area contributed by atoms with Crippen LogP contribution in [0.4, 0.5) is 0 Å². The summed E-state index contributed by atoms with van der Waals surface area (Å²) < 4.78 is 10.3. The standard InChI is InChI=1S/C17H19NO3/c1-12-3-7-14(8-4-12)21-15-9-5-13(6-10-15)11-16(18)17(19)20-2/h3-10,16H,11,18H2,1-2H3/t16-/m1/s1. The van der Waals surface area contributed by atoms with E-state index in [1.54, 1.807) is 0 Å². The summed E-state index contributed by atoms with van der Waals surface area (Å²) in [5.41, 5.74) is 7.88. The molecule has 2 N–H and O–H groups in total. The Hall–Kier alpha value is -2.33. The van der Waals surface area contributed by atoms with Gasteiger partial charge >= 0.3 is 5.97 Å². The van der Waals surface area contributed by atoms with Gasteiger partial charge in [0.15, 0.2) is 0 Å². The molecule has 0 heterocycles. The van der Waals surface area contributed by atoms with Crippen LogP contribution in [0, 0.1) is 6.92 Å². The van der Waals surface area contributed by atoms with E-state index in [0.717, 1.165) is 17.1 Å². The van der Waals surface area contributed by atoms with Gasteiger partial charge in [0.1, 0.15) is 17.5 Å². The van der Waals surface area contributed by atoms with Crippen LogP contribution in [0.1, 0.15) is 11.1 Å². The molecule has 2 rings (SSSR count). The van der Waals surface area contributed by atoms with Crippen LogP contribution in [-0.4, -0.2) is 19.1 Å². The predicted molar refractivity (Wildman–Crippen MR) is 81.4 cm³/mol. The van der Waals surface area contributed by atoms with Crippen molar-refractivity contribution in [3.63, 3.8) is 0 Å². The van der Waals surface area contributed by atoms with Gasteiger partial charge in [-0.15, -0.1) is 0 Å². The van der Waals surface area contributed by atoms with Crippen LogP contribution in [0.3, 0.4) is 0 Å². The third kappa shape index (κ3) is 4.33. The van der Waals surface area contributed by atoms with Crippen LogP contribution in [0.25, 0.3) is 0 Å². The first-order chi connectivity index (χ1) is 10.1. The number of carbonyl (C=O) groups is 1. The highest BCUT2D eigenvalue weighted by molar-refractivity contribution is 5.75. The minimum Gasteiger partial charge on any atom is -0.468 e. The largest absolute Gasteiger partial charge is 0.468 e. The maximum absolute atomic E-state index is 11.3. The zero-order valence-electron chi connectivity index (χ0n) is 12.2. The molecule has 0 saturated carbocycles. The number of benzene rings is 2. The van der Waals surface area contributed by atoms with E-state index in [0.29, 0.717) is 6.42 Å². The Bertz CT molecular complexity index is 590. The van der Waals surface area contributed by atoms with E-state index in [4.69, 9.17) is 10.5 Å². The number of rotatable bonds is 5. The molecule has 0 fully saturated rings. The highest BCUT2D eigenvalue weighted by atomic mass is 16.5. The third-order valence-corrected chi connectivity index (χ3v) is 3.14. The van der Waals surface area contributed by atoms with Gasteiger partial charge in [-0.1, -0.05) is 29.8 Å². The summed E-state index contributed by atoms with van der Waals surface area (Å²) in [5.74, 6) is 1.13. The maximum Gasteiger partial charge on any atom is 0.322 e. The van der Waals surface area contributed by atoms with Crippen molar-refractivity contribution in [2.45, 2.75) is 19.4 Å². The lowest BCUT2D eigenvalue weighted by molar-refractivity contribution is -0.142. The van der Waals surface area contributed by atoms with E-state index >= 15 is 0 Å². The second-order valence-electron chi connectivity index (χ2n) is 4.89. The number of carbonyl (C=O) groups excluding carboxylic acids is 1. The fourth-order valence-corrected chi connectivity index (χ4v) is 1.92.